The number of carbonyl (C=O) groups is 2. The van der Waals surface area contributed by atoms with E-state index in [1.165, 1.54) is 0 Å². The molecular weight excluding hydrogens is 387 g/mol. The van der Waals surface area contributed by atoms with Crippen LogP contribution in [0.25, 0.3) is 0 Å². The van der Waals surface area contributed by atoms with E-state index in [-0.39, 0.29) is 13.0 Å². The lowest BCUT2D eigenvalue weighted by atomic mass is 9.91. The van der Waals surface area contributed by atoms with E-state index < -0.39 is 17.4 Å². The predicted molar refractivity (Wildman–Crippen MR) is 106 cm³/mol. The molecule has 0 saturated heterocycles. The van der Waals surface area contributed by atoms with Crippen LogP contribution in [0.3, 0.4) is 0 Å². The molecule has 6 nitrogen and oxygen atoms in total. The van der Waals surface area contributed by atoms with Crippen molar-refractivity contribution in [1.29, 1.82) is 5.26 Å². The highest BCUT2D eigenvalue weighted by atomic mass is 35.5. The lowest BCUT2D eigenvalue weighted by Crippen LogP contribution is -2.57. The number of benzene rings is 2. The number of hydrogen-bond acceptors (Lipinski definition) is 4. The van der Waals surface area contributed by atoms with Gasteiger partial charge in [-0.25, -0.2) is 0 Å². The maximum absolute atomic E-state index is 12.9. The third-order valence-electron chi connectivity index (χ3n) is 3.86. The van der Waals surface area contributed by atoms with Gasteiger partial charge in [-0.15, -0.1) is 0 Å². The molecule has 2 aromatic carbocycles. The summed E-state index contributed by atoms with van der Waals surface area (Å²) < 4.78 is 0. The van der Waals surface area contributed by atoms with Crippen molar-refractivity contribution < 1.29 is 9.59 Å². The average Bonchev–Trinajstić information content (AvgIpc) is 2.61. The zero-order chi connectivity index (χ0) is 20.0. The van der Waals surface area contributed by atoms with Crippen LogP contribution in [0.1, 0.15) is 18.1 Å². The SMILES string of the molecule is C[C@](Cc1ccc(C#N)cc1)(NC(=O)CN)C(=O)Nc1cc(Cl)cc(Cl)c1. The number of nitrogens with two attached hydrogens (primary N) is 1. The van der Waals surface area contributed by atoms with Crippen molar-refractivity contribution in [3.63, 3.8) is 0 Å². The molecule has 0 aliphatic carbocycles. The fourth-order valence-electron chi connectivity index (χ4n) is 2.54. The van der Waals surface area contributed by atoms with Gasteiger partial charge in [0.2, 0.25) is 11.8 Å². The van der Waals surface area contributed by atoms with Crippen LogP contribution in [0.5, 0.6) is 0 Å². The van der Waals surface area contributed by atoms with E-state index >= 15 is 0 Å². The Labute approximate surface area is 167 Å². The largest absolute Gasteiger partial charge is 0.341 e. The first kappa shape index (κ1) is 20.7. The molecule has 8 heteroatoms. The minimum atomic E-state index is -1.28. The third-order valence-corrected chi connectivity index (χ3v) is 4.30. The highest BCUT2D eigenvalue weighted by Gasteiger charge is 2.35. The number of amides is 2. The van der Waals surface area contributed by atoms with E-state index in [4.69, 9.17) is 34.2 Å². The molecule has 0 heterocycles. The molecule has 4 N–H and O–H groups in total. The van der Waals surface area contributed by atoms with Crippen LogP contribution in [0, 0.1) is 11.3 Å². The lowest BCUT2D eigenvalue weighted by molar-refractivity contribution is -0.129. The van der Waals surface area contributed by atoms with Crippen molar-refractivity contribution in [3.05, 3.63) is 63.6 Å². The molecule has 0 spiro atoms. The van der Waals surface area contributed by atoms with Gasteiger partial charge in [-0.3, -0.25) is 9.59 Å². The van der Waals surface area contributed by atoms with Crippen LogP contribution in [-0.4, -0.2) is 23.9 Å². The number of nitrogens with zero attached hydrogens (tertiary/aromatic N) is 1. The molecule has 2 aromatic rings. The molecule has 0 fully saturated rings. The van der Waals surface area contributed by atoms with Gasteiger partial charge in [-0.2, -0.15) is 5.26 Å². The second kappa shape index (κ2) is 8.87. The summed E-state index contributed by atoms with van der Waals surface area (Å²) in [6.45, 7) is 1.35. The van der Waals surface area contributed by atoms with Crippen LogP contribution in [0.2, 0.25) is 10.0 Å². The van der Waals surface area contributed by atoms with Crippen molar-refractivity contribution in [1.82, 2.24) is 5.32 Å². The minimum Gasteiger partial charge on any atom is -0.341 e. The van der Waals surface area contributed by atoms with Gasteiger partial charge in [0.05, 0.1) is 18.2 Å². The fraction of sp³-hybridized carbons (Fsp3) is 0.211. The minimum absolute atomic E-state index is 0.199. The zero-order valence-corrected chi connectivity index (χ0v) is 16.1. The van der Waals surface area contributed by atoms with E-state index in [1.807, 2.05) is 6.07 Å². The van der Waals surface area contributed by atoms with Gasteiger partial charge in [-0.1, -0.05) is 35.3 Å². The summed E-state index contributed by atoms with van der Waals surface area (Å²) in [6.07, 6.45) is 0.199. The quantitative estimate of drug-likeness (QED) is 0.687. The Balaban J connectivity index is 2.28. The Bertz CT molecular complexity index is 873. The van der Waals surface area contributed by atoms with Crippen LogP contribution in [-0.2, 0) is 16.0 Å². The van der Waals surface area contributed by atoms with Gasteiger partial charge >= 0.3 is 0 Å². The summed E-state index contributed by atoms with van der Waals surface area (Å²) in [7, 11) is 0. The molecule has 0 bridgehead atoms. The monoisotopic (exact) mass is 404 g/mol. The van der Waals surface area contributed by atoms with Crippen LogP contribution < -0.4 is 16.4 Å². The van der Waals surface area contributed by atoms with Gasteiger partial charge in [0.15, 0.2) is 0 Å². The Hall–Kier alpha value is -2.59. The maximum Gasteiger partial charge on any atom is 0.250 e. The number of halogens is 2. The summed E-state index contributed by atoms with van der Waals surface area (Å²) >= 11 is 11.9. The molecule has 0 aromatic heterocycles. The highest BCUT2D eigenvalue weighted by molar-refractivity contribution is 6.35. The van der Waals surface area contributed by atoms with Crippen molar-refractivity contribution in [2.75, 3.05) is 11.9 Å². The standard InChI is InChI=1S/C19H18Cl2N4O2/c1-19(25-17(26)11-23,9-12-2-4-13(10-22)5-3-12)18(27)24-16-7-14(20)6-15(21)8-16/h2-8H,9,11,23H2,1H3,(H,24,27)(H,25,26)/t19-/m1/s1. The van der Waals surface area contributed by atoms with Gasteiger partial charge in [-0.05, 0) is 42.8 Å². The molecule has 0 unspecified atom stereocenters. The number of nitriles is 1. The van der Waals surface area contributed by atoms with Crippen LogP contribution in [0.4, 0.5) is 5.69 Å². The smallest absolute Gasteiger partial charge is 0.250 e. The molecule has 2 amide bonds. The Morgan fingerprint density at radius 1 is 1.15 bits per heavy atom. The van der Waals surface area contributed by atoms with Crippen molar-refractivity contribution in [2.45, 2.75) is 18.9 Å². The van der Waals surface area contributed by atoms with Gasteiger partial charge in [0, 0.05) is 22.2 Å². The van der Waals surface area contributed by atoms with Crippen molar-refractivity contribution >= 4 is 40.7 Å². The predicted octanol–water partition coefficient (Wildman–Crippen LogP) is 2.88. The first-order valence-electron chi connectivity index (χ1n) is 8.03. The Morgan fingerprint density at radius 3 is 2.26 bits per heavy atom. The van der Waals surface area contributed by atoms with E-state index in [2.05, 4.69) is 10.6 Å². The number of rotatable bonds is 6. The van der Waals surface area contributed by atoms with E-state index in [9.17, 15) is 9.59 Å². The molecule has 27 heavy (non-hydrogen) atoms. The zero-order valence-electron chi connectivity index (χ0n) is 14.6. The molecule has 140 valence electrons. The van der Waals surface area contributed by atoms with E-state index in [0.717, 1.165) is 5.56 Å². The highest BCUT2D eigenvalue weighted by Crippen LogP contribution is 2.24. The number of nitrogens with one attached hydrogen (secondary N) is 2. The average molecular weight is 405 g/mol. The summed E-state index contributed by atoms with van der Waals surface area (Å²) in [4.78, 5) is 24.8. The van der Waals surface area contributed by atoms with Gasteiger partial charge in [0.25, 0.3) is 0 Å². The first-order chi connectivity index (χ1) is 12.8. The Morgan fingerprint density at radius 2 is 1.74 bits per heavy atom. The van der Waals surface area contributed by atoms with Gasteiger partial charge in [0.1, 0.15) is 5.54 Å². The number of hydrogen-bond donors (Lipinski definition) is 3. The number of anilines is 1. The summed E-state index contributed by atoms with van der Waals surface area (Å²) in [5.74, 6) is -0.919. The third kappa shape index (κ3) is 5.69. The van der Waals surface area contributed by atoms with E-state index in [0.29, 0.717) is 21.3 Å². The van der Waals surface area contributed by atoms with Crippen molar-refractivity contribution in [2.24, 2.45) is 5.73 Å². The molecule has 1 atom stereocenters. The number of carbonyl (C=O) groups excluding carboxylic acids is 2. The van der Waals surface area contributed by atoms with Crippen LogP contribution in [0.15, 0.2) is 42.5 Å². The summed E-state index contributed by atoms with van der Waals surface area (Å²) in [5.41, 5.74) is 5.79. The maximum atomic E-state index is 12.9. The van der Waals surface area contributed by atoms with Crippen LogP contribution >= 0.6 is 23.2 Å². The molecule has 0 aliphatic heterocycles. The molecule has 0 radical (unpaired) electrons. The molecule has 0 aliphatic rings. The van der Waals surface area contributed by atoms with E-state index in [1.54, 1.807) is 49.4 Å². The van der Waals surface area contributed by atoms with Gasteiger partial charge < -0.3 is 16.4 Å². The first-order valence-corrected chi connectivity index (χ1v) is 8.79. The van der Waals surface area contributed by atoms with Crippen molar-refractivity contribution in [3.8, 4) is 6.07 Å². The summed E-state index contributed by atoms with van der Waals surface area (Å²) in [5, 5.41) is 15.0. The fourth-order valence-corrected chi connectivity index (χ4v) is 3.07. The lowest BCUT2D eigenvalue weighted by Gasteiger charge is -2.30. The Kier molecular flexibility index (Phi) is 6.81. The summed E-state index contributed by atoms with van der Waals surface area (Å²) in [6, 6.07) is 13.4. The molecule has 0 saturated carbocycles. The second-order valence-corrected chi connectivity index (χ2v) is 7.06. The molecule has 2 rings (SSSR count). The second-order valence-electron chi connectivity index (χ2n) is 6.18. The normalized spacial score (nSPS) is 12.6. The molecular formula is C19H18Cl2N4O2. The topological polar surface area (TPSA) is 108 Å².